The summed E-state index contributed by atoms with van der Waals surface area (Å²) in [5.41, 5.74) is 2.52. The van der Waals surface area contributed by atoms with Crippen LogP contribution in [0.1, 0.15) is 38.0 Å². The third kappa shape index (κ3) is 4.09. The molecule has 0 amide bonds. The van der Waals surface area contributed by atoms with Crippen LogP contribution >= 0.6 is 0 Å². The molecular formula is C12H20O. The third-order valence-electron chi connectivity index (χ3n) is 1.90. The highest BCUT2D eigenvalue weighted by Gasteiger charge is 2.00. The largest absolute Gasteiger partial charge is 0.377 e. The topological polar surface area (TPSA) is 9.23 Å². The number of hydrogen-bond donors (Lipinski definition) is 0. The fraction of sp³-hybridized carbons (Fsp3) is 0.500. The molecule has 0 aliphatic heterocycles. The molecule has 0 heterocycles. The Morgan fingerprint density at radius 1 is 1.08 bits per heavy atom. The maximum atomic E-state index is 5.18. The van der Waals surface area contributed by atoms with Gasteiger partial charge >= 0.3 is 0 Å². The van der Waals surface area contributed by atoms with Gasteiger partial charge in [0.25, 0.3) is 0 Å². The summed E-state index contributed by atoms with van der Waals surface area (Å²) in [6.45, 7) is 8.13. The second-order valence-corrected chi connectivity index (χ2v) is 2.79. The van der Waals surface area contributed by atoms with Crippen LogP contribution in [0.2, 0.25) is 0 Å². The van der Waals surface area contributed by atoms with E-state index >= 15 is 0 Å². The van der Waals surface area contributed by atoms with Crippen molar-refractivity contribution in [3.8, 4) is 0 Å². The summed E-state index contributed by atoms with van der Waals surface area (Å²) >= 11 is 0. The predicted octanol–water partition coefficient (Wildman–Crippen LogP) is 3.73. The Hall–Kier alpha value is -0.820. The highest BCUT2D eigenvalue weighted by Crippen LogP contribution is 2.15. The molecule has 0 aliphatic carbocycles. The van der Waals surface area contributed by atoms with Gasteiger partial charge in [0.05, 0.1) is 6.10 Å². The second kappa shape index (κ2) is 6.67. The van der Waals surface area contributed by atoms with E-state index in [2.05, 4.69) is 31.2 Å². The lowest BCUT2D eigenvalue weighted by molar-refractivity contribution is 0.119. The molecule has 0 radical (unpaired) electrons. The van der Waals surface area contributed by atoms with Gasteiger partial charge in [-0.15, -0.1) is 0 Å². The average molecular weight is 180 g/mol. The molecule has 0 aromatic heterocycles. The number of benzene rings is 1. The molecule has 1 nitrogen and oxygen atoms in total. The van der Waals surface area contributed by atoms with Crippen LogP contribution in [0.25, 0.3) is 0 Å². The Morgan fingerprint density at radius 3 is 1.92 bits per heavy atom. The van der Waals surface area contributed by atoms with Gasteiger partial charge in [0.2, 0.25) is 0 Å². The summed E-state index contributed by atoms with van der Waals surface area (Å²) in [4.78, 5) is 0. The van der Waals surface area contributed by atoms with E-state index in [9.17, 15) is 0 Å². The van der Waals surface area contributed by atoms with Crippen LogP contribution in [-0.4, -0.2) is 7.11 Å². The smallest absolute Gasteiger partial charge is 0.0793 e. The molecule has 0 spiro atoms. The molecule has 74 valence electrons. The molecule has 1 rings (SSSR count). The first-order valence-corrected chi connectivity index (χ1v) is 4.83. The van der Waals surface area contributed by atoms with Gasteiger partial charge in [-0.05, 0) is 19.4 Å². The van der Waals surface area contributed by atoms with E-state index in [0.717, 1.165) is 0 Å². The van der Waals surface area contributed by atoms with E-state index in [-0.39, 0.29) is 6.10 Å². The molecule has 1 unspecified atom stereocenters. The van der Waals surface area contributed by atoms with E-state index in [1.807, 2.05) is 20.8 Å². The van der Waals surface area contributed by atoms with Gasteiger partial charge in [-0.25, -0.2) is 0 Å². The summed E-state index contributed by atoms with van der Waals surface area (Å²) < 4.78 is 5.18. The third-order valence-corrected chi connectivity index (χ3v) is 1.90. The molecule has 13 heavy (non-hydrogen) atoms. The number of hydrogen-bond acceptors (Lipinski definition) is 1. The van der Waals surface area contributed by atoms with Crippen LogP contribution in [0, 0.1) is 6.92 Å². The van der Waals surface area contributed by atoms with Crippen molar-refractivity contribution in [3.05, 3.63) is 35.4 Å². The van der Waals surface area contributed by atoms with Gasteiger partial charge in [0.1, 0.15) is 0 Å². The summed E-state index contributed by atoms with van der Waals surface area (Å²) in [5, 5.41) is 0. The van der Waals surface area contributed by atoms with Gasteiger partial charge in [-0.2, -0.15) is 0 Å². The molecular weight excluding hydrogens is 160 g/mol. The highest BCUT2D eigenvalue weighted by atomic mass is 16.5. The zero-order chi connectivity index (χ0) is 10.3. The van der Waals surface area contributed by atoms with E-state index in [1.165, 1.54) is 11.1 Å². The second-order valence-electron chi connectivity index (χ2n) is 2.79. The molecule has 0 saturated heterocycles. The lowest BCUT2D eigenvalue weighted by Gasteiger charge is -2.08. The Balaban J connectivity index is 0.000000671. The zero-order valence-corrected chi connectivity index (χ0v) is 9.29. The van der Waals surface area contributed by atoms with Gasteiger partial charge in [-0.3, -0.25) is 0 Å². The Labute approximate surface area is 81.7 Å². The van der Waals surface area contributed by atoms with Crippen molar-refractivity contribution in [3.63, 3.8) is 0 Å². The lowest BCUT2D eigenvalue weighted by Crippen LogP contribution is -1.94. The van der Waals surface area contributed by atoms with E-state index < -0.39 is 0 Å². The Kier molecular flexibility index (Phi) is 6.25. The van der Waals surface area contributed by atoms with Crippen LogP contribution in [0.4, 0.5) is 0 Å². The predicted molar refractivity (Wildman–Crippen MR) is 58.0 cm³/mol. The zero-order valence-electron chi connectivity index (χ0n) is 9.29. The molecule has 1 aromatic rings. The molecule has 0 saturated carbocycles. The first-order chi connectivity index (χ1) is 6.24. The van der Waals surface area contributed by atoms with Gasteiger partial charge in [0, 0.05) is 7.11 Å². The fourth-order valence-electron chi connectivity index (χ4n) is 0.974. The minimum atomic E-state index is 0.204. The lowest BCUT2D eigenvalue weighted by atomic mass is 10.1. The monoisotopic (exact) mass is 180 g/mol. The van der Waals surface area contributed by atoms with E-state index in [1.54, 1.807) is 7.11 Å². The SMILES string of the molecule is CC.COC(C)c1ccc(C)cc1. The quantitative estimate of drug-likeness (QED) is 0.674. The molecule has 0 N–H and O–H groups in total. The van der Waals surface area contributed by atoms with Crippen LogP contribution in [0.15, 0.2) is 24.3 Å². The Bertz CT molecular complexity index is 213. The van der Waals surface area contributed by atoms with Gasteiger partial charge in [-0.1, -0.05) is 43.7 Å². The maximum absolute atomic E-state index is 5.18. The minimum Gasteiger partial charge on any atom is -0.377 e. The van der Waals surface area contributed by atoms with Crippen molar-refractivity contribution in [2.75, 3.05) is 7.11 Å². The molecule has 0 aliphatic rings. The summed E-state index contributed by atoms with van der Waals surface area (Å²) in [7, 11) is 1.73. The summed E-state index contributed by atoms with van der Waals surface area (Å²) in [5.74, 6) is 0. The van der Waals surface area contributed by atoms with Crippen molar-refractivity contribution in [1.82, 2.24) is 0 Å². The number of ether oxygens (including phenoxy) is 1. The van der Waals surface area contributed by atoms with E-state index in [0.29, 0.717) is 0 Å². The normalized spacial score (nSPS) is 11.5. The minimum absolute atomic E-state index is 0.204. The maximum Gasteiger partial charge on any atom is 0.0793 e. The molecule has 1 aromatic carbocycles. The van der Waals surface area contributed by atoms with Crippen molar-refractivity contribution in [1.29, 1.82) is 0 Å². The molecule has 1 atom stereocenters. The van der Waals surface area contributed by atoms with Gasteiger partial charge < -0.3 is 4.74 Å². The number of methoxy groups -OCH3 is 1. The number of aryl methyl sites for hydroxylation is 1. The van der Waals surface area contributed by atoms with Crippen molar-refractivity contribution >= 4 is 0 Å². The van der Waals surface area contributed by atoms with Crippen molar-refractivity contribution < 1.29 is 4.74 Å². The van der Waals surface area contributed by atoms with Crippen LogP contribution in [-0.2, 0) is 4.74 Å². The van der Waals surface area contributed by atoms with Crippen LogP contribution in [0.3, 0.4) is 0 Å². The summed E-state index contributed by atoms with van der Waals surface area (Å²) in [6.07, 6.45) is 0.204. The first-order valence-electron chi connectivity index (χ1n) is 4.83. The average Bonchev–Trinajstić information content (AvgIpc) is 2.21. The molecule has 0 fully saturated rings. The standard InChI is InChI=1S/C10H14O.C2H6/c1-8-4-6-10(7-5-8)9(2)11-3;1-2/h4-7,9H,1-3H3;1-2H3. The summed E-state index contributed by atoms with van der Waals surface area (Å²) in [6, 6.07) is 8.41. The first kappa shape index (κ1) is 12.2. The highest BCUT2D eigenvalue weighted by molar-refractivity contribution is 5.22. The molecule has 1 heteroatoms. The van der Waals surface area contributed by atoms with Gasteiger partial charge in [0.15, 0.2) is 0 Å². The molecule has 0 bridgehead atoms. The van der Waals surface area contributed by atoms with Crippen molar-refractivity contribution in [2.24, 2.45) is 0 Å². The van der Waals surface area contributed by atoms with Crippen LogP contribution in [0.5, 0.6) is 0 Å². The fourth-order valence-corrected chi connectivity index (χ4v) is 0.974. The van der Waals surface area contributed by atoms with Crippen molar-refractivity contribution in [2.45, 2.75) is 33.8 Å². The van der Waals surface area contributed by atoms with E-state index in [4.69, 9.17) is 4.74 Å². The van der Waals surface area contributed by atoms with Crippen LogP contribution < -0.4 is 0 Å². The Morgan fingerprint density at radius 2 is 1.54 bits per heavy atom. The number of rotatable bonds is 2.